The van der Waals surface area contributed by atoms with Gasteiger partial charge < -0.3 is 15.9 Å². The van der Waals surface area contributed by atoms with Crippen molar-refractivity contribution in [3.05, 3.63) is 46.1 Å². The largest absolute Gasteiger partial charge is 0.507 e. The molecular weight excluding hydrogens is 508 g/mol. The van der Waals surface area contributed by atoms with Crippen molar-refractivity contribution in [1.29, 1.82) is 0 Å². The molecule has 174 valence electrons. The summed E-state index contributed by atoms with van der Waals surface area (Å²) in [4.78, 5) is 68.4. The number of nitrogens with zero attached hydrogens (tertiary/aromatic N) is 1. The van der Waals surface area contributed by atoms with E-state index in [1.54, 1.807) is 24.4 Å². The third-order valence-electron chi connectivity index (χ3n) is 7.28. The fraction of sp³-hybridized carbons (Fsp3) is 0.333. The van der Waals surface area contributed by atoms with Gasteiger partial charge in [-0.15, -0.1) is 0 Å². The van der Waals surface area contributed by atoms with E-state index in [2.05, 4.69) is 20.9 Å². The molecule has 0 saturated heterocycles. The number of primary amides is 1. The Labute approximate surface area is 201 Å². The van der Waals surface area contributed by atoms with E-state index in [0.29, 0.717) is 16.8 Å². The summed E-state index contributed by atoms with van der Waals surface area (Å²) in [6.07, 6.45) is 1.46. The van der Waals surface area contributed by atoms with E-state index in [-0.39, 0.29) is 30.6 Å². The first-order valence-corrected chi connectivity index (χ1v) is 11.5. The van der Waals surface area contributed by atoms with Crippen LogP contribution in [0.15, 0.2) is 34.9 Å². The van der Waals surface area contributed by atoms with Crippen LogP contribution >= 0.6 is 15.9 Å². The lowest BCUT2D eigenvalue weighted by atomic mass is 9.53. The van der Waals surface area contributed by atoms with Gasteiger partial charge in [-0.1, -0.05) is 15.9 Å². The molecule has 5 atom stereocenters. The van der Waals surface area contributed by atoms with Crippen LogP contribution in [0.25, 0.3) is 11.3 Å². The highest BCUT2D eigenvalue weighted by Crippen LogP contribution is 2.51. The molecule has 9 nitrogen and oxygen atoms in total. The molecule has 0 spiro atoms. The molecule has 2 unspecified atom stereocenters. The maximum Gasteiger partial charge on any atom is 0.235 e. The van der Waals surface area contributed by atoms with Crippen LogP contribution in [-0.4, -0.2) is 49.8 Å². The summed E-state index contributed by atoms with van der Waals surface area (Å²) < 4.78 is 0.764. The van der Waals surface area contributed by atoms with Gasteiger partial charge in [-0.3, -0.25) is 29.0 Å². The molecule has 0 aliphatic heterocycles. The van der Waals surface area contributed by atoms with Crippen LogP contribution in [0.4, 0.5) is 0 Å². The predicted molar refractivity (Wildman–Crippen MR) is 119 cm³/mol. The van der Waals surface area contributed by atoms with Crippen LogP contribution < -0.4 is 5.73 Å². The lowest BCUT2D eigenvalue weighted by molar-refractivity contribution is -0.175. The average Bonchev–Trinajstić information content (AvgIpc) is 2.76. The molecule has 0 bridgehead atoms. The molecule has 0 radical (unpaired) electrons. The van der Waals surface area contributed by atoms with Crippen LogP contribution in [0, 0.1) is 23.7 Å². The highest BCUT2D eigenvalue weighted by atomic mass is 79.9. The number of pyridine rings is 1. The molecular formula is C24H19BrN2O7. The number of aromatic hydroxyl groups is 1. The first-order chi connectivity index (χ1) is 16.1. The predicted octanol–water partition coefficient (Wildman–Crippen LogP) is 1.15. The van der Waals surface area contributed by atoms with Crippen LogP contribution in [0.2, 0.25) is 0 Å². The molecule has 1 amide bonds. The fourth-order valence-corrected chi connectivity index (χ4v) is 6.09. The van der Waals surface area contributed by atoms with E-state index in [9.17, 15) is 34.2 Å². The van der Waals surface area contributed by atoms with Crippen LogP contribution in [0.3, 0.4) is 0 Å². The standard InChI is InChI=1S/C24H19BrN2O7/c25-11-3-4-27-14(8-11)12-1-2-15(28)18-13(12)6-9-5-10-7-16(29)19(23(26)33)22(32)24(10,34)21(31)17(9)20(18)30/h1-4,8-10,17,19,28,34H,5-7H2,(H2,26,33)/t9-,10+,17?,19?,24+/m1/s1. The molecule has 3 aliphatic carbocycles. The van der Waals surface area contributed by atoms with E-state index in [1.807, 2.05) is 0 Å². The van der Waals surface area contributed by atoms with Crippen molar-refractivity contribution in [2.24, 2.45) is 29.4 Å². The third-order valence-corrected chi connectivity index (χ3v) is 7.78. The molecule has 4 N–H and O–H groups in total. The fourth-order valence-electron chi connectivity index (χ4n) is 5.76. The normalized spacial score (nSPS) is 30.4. The van der Waals surface area contributed by atoms with Crippen LogP contribution in [0.5, 0.6) is 5.75 Å². The van der Waals surface area contributed by atoms with Crippen molar-refractivity contribution in [1.82, 2.24) is 4.98 Å². The van der Waals surface area contributed by atoms with Gasteiger partial charge in [0.1, 0.15) is 5.75 Å². The first kappa shape index (κ1) is 22.5. The second-order valence-electron chi connectivity index (χ2n) is 9.08. The number of benzene rings is 1. The number of aromatic nitrogens is 1. The van der Waals surface area contributed by atoms with Crippen molar-refractivity contribution in [2.75, 3.05) is 0 Å². The van der Waals surface area contributed by atoms with Crippen molar-refractivity contribution in [3.8, 4) is 17.0 Å². The highest BCUT2D eigenvalue weighted by molar-refractivity contribution is 9.10. The molecule has 2 fully saturated rings. The van der Waals surface area contributed by atoms with Crippen molar-refractivity contribution in [3.63, 3.8) is 0 Å². The molecule has 10 heteroatoms. The van der Waals surface area contributed by atoms with Gasteiger partial charge in [-0.25, -0.2) is 0 Å². The van der Waals surface area contributed by atoms with Crippen molar-refractivity contribution >= 4 is 45.0 Å². The van der Waals surface area contributed by atoms with Gasteiger partial charge in [0.2, 0.25) is 5.91 Å². The number of rotatable bonds is 2. The van der Waals surface area contributed by atoms with Crippen LogP contribution in [0.1, 0.15) is 28.8 Å². The number of carbonyl (C=O) groups is 5. The maximum atomic E-state index is 13.5. The van der Waals surface area contributed by atoms with Crippen molar-refractivity contribution < 1.29 is 34.2 Å². The Morgan fingerprint density at radius 2 is 1.85 bits per heavy atom. The summed E-state index contributed by atoms with van der Waals surface area (Å²) in [5, 5.41) is 21.7. The average molecular weight is 527 g/mol. The monoisotopic (exact) mass is 526 g/mol. The van der Waals surface area contributed by atoms with Gasteiger partial charge >= 0.3 is 0 Å². The highest BCUT2D eigenvalue weighted by Gasteiger charge is 2.66. The number of hydrogen-bond acceptors (Lipinski definition) is 8. The van der Waals surface area contributed by atoms with E-state index < -0.39 is 58.3 Å². The summed E-state index contributed by atoms with van der Waals surface area (Å²) >= 11 is 3.39. The summed E-state index contributed by atoms with van der Waals surface area (Å²) in [5.41, 5.74) is 4.16. The Kier molecular flexibility index (Phi) is 5.07. The third kappa shape index (κ3) is 3.01. The molecule has 1 aromatic heterocycles. The molecule has 2 saturated carbocycles. The maximum absolute atomic E-state index is 13.5. The molecule has 3 aliphatic rings. The Bertz CT molecular complexity index is 1320. The Hall–Kier alpha value is -3.24. The van der Waals surface area contributed by atoms with Gasteiger partial charge in [0.05, 0.1) is 17.2 Å². The van der Waals surface area contributed by atoms with E-state index in [4.69, 9.17) is 5.73 Å². The molecule has 5 rings (SSSR count). The second kappa shape index (κ2) is 7.64. The summed E-state index contributed by atoms with van der Waals surface area (Å²) in [6.45, 7) is 0. The molecule has 1 aromatic carbocycles. The Morgan fingerprint density at radius 1 is 1.12 bits per heavy atom. The molecule has 2 aromatic rings. The first-order valence-electron chi connectivity index (χ1n) is 10.7. The number of amides is 1. The zero-order valence-electron chi connectivity index (χ0n) is 17.7. The molecule has 34 heavy (non-hydrogen) atoms. The Balaban J connectivity index is 1.62. The van der Waals surface area contributed by atoms with Gasteiger partial charge in [-0.05, 0) is 48.6 Å². The number of phenolic OH excluding ortho intramolecular Hbond substituents is 1. The van der Waals surface area contributed by atoms with Crippen molar-refractivity contribution in [2.45, 2.75) is 24.9 Å². The lowest BCUT2D eigenvalue weighted by Gasteiger charge is -2.48. The smallest absolute Gasteiger partial charge is 0.235 e. The SMILES string of the molecule is NC(=O)C1C(=O)C[C@@H]2C[C@@H]3Cc4c(-c5cc(Br)ccn5)ccc(O)c4C(=O)C3C(=O)[C@]2(O)C1=O. The number of fused-ring (bicyclic) bond motifs is 3. The number of phenols is 1. The van der Waals surface area contributed by atoms with E-state index in [1.165, 1.54) is 6.07 Å². The van der Waals surface area contributed by atoms with Gasteiger partial charge in [0, 0.05) is 28.6 Å². The number of hydrogen-bond donors (Lipinski definition) is 3. The minimum Gasteiger partial charge on any atom is -0.507 e. The number of Topliss-reactive ketones (excluding diaryl/α,β-unsaturated/α-hetero) is 4. The van der Waals surface area contributed by atoms with E-state index in [0.717, 1.165) is 4.47 Å². The molecule has 1 heterocycles. The van der Waals surface area contributed by atoms with Gasteiger partial charge in [-0.2, -0.15) is 0 Å². The zero-order chi connectivity index (χ0) is 24.5. The number of halogens is 1. The van der Waals surface area contributed by atoms with Crippen LogP contribution in [-0.2, 0) is 25.6 Å². The number of aliphatic hydroxyl groups is 1. The summed E-state index contributed by atoms with van der Waals surface area (Å²) in [5.74, 6) is -10.3. The van der Waals surface area contributed by atoms with E-state index >= 15 is 0 Å². The lowest BCUT2D eigenvalue weighted by Crippen LogP contribution is -2.68. The number of carbonyl (C=O) groups excluding carboxylic acids is 5. The van der Waals surface area contributed by atoms with Gasteiger partial charge in [0.15, 0.2) is 34.7 Å². The summed E-state index contributed by atoms with van der Waals surface area (Å²) in [6, 6.07) is 6.49. The van der Waals surface area contributed by atoms with Gasteiger partial charge in [0.25, 0.3) is 0 Å². The Morgan fingerprint density at radius 3 is 2.53 bits per heavy atom. The number of nitrogens with two attached hydrogens (primary N) is 1. The minimum absolute atomic E-state index is 0.0437. The summed E-state index contributed by atoms with van der Waals surface area (Å²) in [7, 11) is 0. The second-order valence-corrected chi connectivity index (χ2v) is 10.0. The topological polar surface area (TPSA) is 165 Å². The quantitative estimate of drug-likeness (QED) is 0.490. The minimum atomic E-state index is -2.65. The zero-order valence-corrected chi connectivity index (χ0v) is 19.2. The number of ketones is 4.